The highest BCUT2D eigenvalue weighted by molar-refractivity contribution is 7.89. The molecule has 0 saturated carbocycles. The number of nitrogens with one attached hydrogen (secondary N) is 2. The van der Waals surface area contributed by atoms with Crippen molar-refractivity contribution in [1.29, 1.82) is 0 Å². The predicted octanol–water partition coefficient (Wildman–Crippen LogP) is 2.79. The van der Waals surface area contributed by atoms with Crippen molar-refractivity contribution in [1.82, 2.24) is 10.6 Å². The van der Waals surface area contributed by atoms with Crippen LogP contribution in [0.25, 0.3) is 0 Å². The van der Waals surface area contributed by atoms with Gasteiger partial charge in [-0.1, -0.05) is 24.3 Å². The van der Waals surface area contributed by atoms with Gasteiger partial charge >= 0.3 is 0 Å². The molecule has 31 heavy (non-hydrogen) atoms. The van der Waals surface area contributed by atoms with Crippen molar-refractivity contribution in [2.45, 2.75) is 44.0 Å². The topological polar surface area (TPSA) is 99.8 Å². The molecule has 3 rings (SSSR count). The van der Waals surface area contributed by atoms with Crippen molar-refractivity contribution in [3.05, 3.63) is 59.7 Å². The number of aliphatic imine (C=N–C) groups is 1. The van der Waals surface area contributed by atoms with E-state index >= 15 is 0 Å². The summed E-state index contributed by atoms with van der Waals surface area (Å²) in [6.45, 7) is 7.81. The van der Waals surface area contributed by atoms with Crippen molar-refractivity contribution in [3.8, 4) is 0 Å². The molecule has 0 bridgehead atoms. The zero-order chi connectivity index (χ0) is 22.3. The number of benzene rings is 2. The van der Waals surface area contributed by atoms with E-state index in [9.17, 15) is 8.42 Å². The Labute approximate surface area is 185 Å². The Hall–Kier alpha value is -2.58. The minimum Gasteiger partial charge on any atom is -0.372 e. The summed E-state index contributed by atoms with van der Waals surface area (Å²) in [6, 6.07) is 15.5. The largest absolute Gasteiger partial charge is 0.372 e. The van der Waals surface area contributed by atoms with E-state index in [2.05, 4.69) is 51.7 Å². The SMILES string of the molecule is CCNC(=NCCc1ccc(S(N)(=O)=O)cc1)NC(C)c1cccc(N2CCCC2)c1. The maximum absolute atomic E-state index is 11.4. The van der Waals surface area contributed by atoms with Crippen molar-refractivity contribution < 1.29 is 8.42 Å². The fourth-order valence-corrected chi connectivity index (χ4v) is 4.23. The van der Waals surface area contributed by atoms with Gasteiger partial charge in [-0.2, -0.15) is 0 Å². The molecule has 168 valence electrons. The maximum atomic E-state index is 11.4. The molecule has 0 spiro atoms. The summed E-state index contributed by atoms with van der Waals surface area (Å²) < 4.78 is 22.7. The van der Waals surface area contributed by atoms with Gasteiger partial charge in [0.15, 0.2) is 5.96 Å². The standard InChI is InChI=1S/C23H33N5O2S/c1-3-25-23(26-14-13-19-9-11-22(12-10-19)31(24,29)30)27-18(2)20-7-6-8-21(17-20)28-15-4-5-16-28/h6-12,17-18H,3-5,13-16H2,1-2H3,(H2,24,29,30)(H2,25,26,27). The Kier molecular flexibility index (Phi) is 7.92. The smallest absolute Gasteiger partial charge is 0.238 e. The van der Waals surface area contributed by atoms with Crippen molar-refractivity contribution in [2.75, 3.05) is 31.1 Å². The number of rotatable bonds is 8. The molecular weight excluding hydrogens is 410 g/mol. The third-order valence-corrected chi connectivity index (χ3v) is 6.39. The predicted molar refractivity (Wildman–Crippen MR) is 127 cm³/mol. The van der Waals surface area contributed by atoms with Gasteiger partial charge in [0.2, 0.25) is 10.0 Å². The van der Waals surface area contributed by atoms with Gasteiger partial charge in [-0.25, -0.2) is 13.6 Å². The van der Waals surface area contributed by atoms with Gasteiger partial charge in [0.05, 0.1) is 10.9 Å². The quantitative estimate of drug-likeness (QED) is 0.430. The average Bonchev–Trinajstić information content (AvgIpc) is 3.29. The van der Waals surface area contributed by atoms with Crippen LogP contribution in [0.15, 0.2) is 58.4 Å². The van der Waals surface area contributed by atoms with Crippen molar-refractivity contribution >= 4 is 21.7 Å². The van der Waals surface area contributed by atoms with E-state index in [-0.39, 0.29) is 10.9 Å². The van der Waals surface area contributed by atoms with E-state index in [0.717, 1.165) is 31.2 Å². The number of nitrogens with zero attached hydrogens (tertiary/aromatic N) is 2. The molecule has 1 heterocycles. The highest BCUT2D eigenvalue weighted by Gasteiger charge is 2.14. The molecule has 2 aromatic carbocycles. The first-order valence-corrected chi connectivity index (χ1v) is 12.4. The molecule has 0 aliphatic carbocycles. The number of nitrogens with two attached hydrogens (primary N) is 1. The molecule has 1 aliphatic rings. The van der Waals surface area contributed by atoms with Crippen LogP contribution in [0, 0.1) is 0 Å². The Morgan fingerprint density at radius 1 is 1.16 bits per heavy atom. The van der Waals surface area contributed by atoms with Gasteiger partial charge in [0.1, 0.15) is 0 Å². The molecule has 0 amide bonds. The monoisotopic (exact) mass is 443 g/mol. The van der Waals surface area contributed by atoms with Crippen LogP contribution in [0.1, 0.15) is 43.9 Å². The molecule has 1 fully saturated rings. The normalized spacial score (nSPS) is 15.7. The molecule has 4 N–H and O–H groups in total. The summed E-state index contributed by atoms with van der Waals surface area (Å²) in [7, 11) is -3.66. The van der Waals surface area contributed by atoms with Crippen LogP contribution in [-0.2, 0) is 16.4 Å². The molecule has 1 aliphatic heterocycles. The molecule has 1 saturated heterocycles. The summed E-state index contributed by atoms with van der Waals surface area (Å²) in [5.41, 5.74) is 3.53. The van der Waals surface area contributed by atoms with Crippen LogP contribution < -0.4 is 20.7 Å². The van der Waals surface area contributed by atoms with E-state index in [1.54, 1.807) is 12.1 Å². The van der Waals surface area contributed by atoms with E-state index in [1.807, 2.05) is 6.92 Å². The van der Waals surface area contributed by atoms with Crippen LogP contribution >= 0.6 is 0 Å². The Morgan fingerprint density at radius 2 is 1.87 bits per heavy atom. The van der Waals surface area contributed by atoms with E-state index in [1.165, 1.54) is 36.2 Å². The minimum absolute atomic E-state index is 0.120. The summed E-state index contributed by atoms with van der Waals surface area (Å²) >= 11 is 0. The van der Waals surface area contributed by atoms with Gasteiger partial charge in [-0.15, -0.1) is 0 Å². The number of primary sulfonamides is 1. The van der Waals surface area contributed by atoms with Gasteiger partial charge in [-0.3, -0.25) is 4.99 Å². The fraction of sp³-hybridized carbons (Fsp3) is 0.435. The number of anilines is 1. The van der Waals surface area contributed by atoms with Gasteiger partial charge in [-0.05, 0) is 68.5 Å². The summed E-state index contributed by atoms with van der Waals surface area (Å²) in [5.74, 6) is 0.766. The molecule has 2 aromatic rings. The van der Waals surface area contributed by atoms with Gasteiger partial charge in [0, 0.05) is 31.9 Å². The highest BCUT2D eigenvalue weighted by atomic mass is 32.2. The Morgan fingerprint density at radius 3 is 2.52 bits per heavy atom. The molecular formula is C23H33N5O2S. The molecule has 1 unspecified atom stereocenters. The first-order chi connectivity index (χ1) is 14.9. The zero-order valence-electron chi connectivity index (χ0n) is 18.3. The molecule has 1 atom stereocenters. The molecule has 8 heteroatoms. The second-order valence-corrected chi connectivity index (χ2v) is 9.42. The van der Waals surface area contributed by atoms with E-state index in [4.69, 9.17) is 5.14 Å². The highest BCUT2D eigenvalue weighted by Crippen LogP contribution is 2.24. The van der Waals surface area contributed by atoms with Crippen molar-refractivity contribution in [2.24, 2.45) is 10.1 Å². The minimum atomic E-state index is -3.66. The van der Waals surface area contributed by atoms with Crippen LogP contribution in [-0.4, -0.2) is 40.6 Å². The lowest BCUT2D eigenvalue weighted by atomic mass is 10.1. The van der Waals surface area contributed by atoms with Crippen molar-refractivity contribution in [3.63, 3.8) is 0 Å². The summed E-state index contributed by atoms with van der Waals surface area (Å²) in [4.78, 5) is 7.25. The number of sulfonamides is 1. The summed E-state index contributed by atoms with van der Waals surface area (Å²) in [5, 5.41) is 11.9. The lowest BCUT2D eigenvalue weighted by Crippen LogP contribution is -2.39. The van der Waals surface area contributed by atoms with Crippen LogP contribution in [0.3, 0.4) is 0 Å². The van der Waals surface area contributed by atoms with Crippen LogP contribution in [0.5, 0.6) is 0 Å². The summed E-state index contributed by atoms with van der Waals surface area (Å²) in [6.07, 6.45) is 3.24. The third-order valence-electron chi connectivity index (χ3n) is 5.46. The number of hydrogen-bond donors (Lipinski definition) is 3. The second-order valence-electron chi connectivity index (χ2n) is 7.85. The van der Waals surface area contributed by atoms with Crippen LogP contribution in [0.2, 0.25) is 0 Å². The first-order valence-electron chi connectivity index (χ1n) is 10.9. The van der Waals surface area contributed by atoms with Crippen LogP contribution in [0.4, 0.5) is 5.69 Å². The zero-order valence-corrected chi connectivity index (χ0v) is 19.2. The van der Waals surface area contributed by atoms with E-state index < -0.39 is 10.0 Å². The molecule has 0 aromatic heterocycles. The molecule has 7 nitrogen and oxygen atoms in total. The Balaban J connectivity index is 1.61. The van der Waals surface area contributed by atoms with E-state index in [0.29, 0.717) is 13.0 Å². The lowest BCUT2D eigenvalue weighted by Gasteiger charge is -2.22. The third kappa shape index (κ3) is 6.70. The number of guanidine groups is 1. The second kappa shape index (κ2) is 10.6. The van der Waals surface area contributed by atoms with Gasteiger partial charge < -0.3 is 15.5 Å². The molecule has 0 radical (unpaired) electrons. The fourth-order valence-electron chi connectivity index (χ4n) is 3.72. The first kappa shape index (κ1) is 23.1. The average molecular weight is 444 g/mol. The number of hydrogen-bond acceptors (Lipinski definition) is 4. The Bertz CT molecular complexity index is 983. The lowest BCUT2D eigenvalue weighted by molar-refractivity contribution is 0.598. The maximum Gasteiger partial charge on any atom is 0.238 e. The van der Waals surface area contributed by atoms with Gasteiger partial charge in [0.25, 0.3) is 0 Å².